The number of imidazole rings is 2. The monoisotopic (exact) mass is 452 g/mol. The Labute approximate surface area is 200 Å². The van der Waals surface area contributed by atoms with E-state index in [-0.39, 0.29) is 0 Å². The predicted molar refractivity (Wildman–Crippen MR) is 142 cm³/mol. The first-order chi connectivity index (χ1) is 17.3. The number of nitrogens with two attached hydrogens (primary N) is 1. The second-order valence-corrected chi connectivity index (χ2v) is 8.47. The highest BCUT2D eigenvalue weighted by atomic mass is 15.2. The van der Waals surface area contributed by atoms with E-state index < -0.39 is 0 Å². The quantitative estimate of drug-likeness (QED) is 0.222. The lowest BCUT2D eigenvalue weighted by Crippen LogP contribution is -1.99. The van der Waals surface area contributed by atoms with E-state index in [0.717, 1.165) is 50.0 Å². The maximum Gasteiger partial charge on any atom is 0.220 e. The summed E-state index contributed by atoms with van der Waals surface area (Å²) in [5.74, 6) is 0.843. The Balaban J connectivity index is 1.55. The van der Waals surface area contributed by atoms with Crippen molar-refractivity contribution < 1.29 is 0 Å². The largest absolute Gasteiger partial charge is 0.397 e. The van der Waals surface area contributed by atoms with Crippen molar-refractivity contribution >= 4 is 55.7 Å². The molecule has 5 aromatic carbocycles. The number of hydrogen-bond donors (Lipinski definition) is 1. The minimum absolute atomic E-state index is 0.561. The number of fused-ring (bicyclic) bond motifs is 6. The summed E-state index contributed by atoms with van der Waals surface area (Å²) in [6.45, 7) is 0. The lowest BCUT2D eigenvalue weighted by atomic mass is 10.0. The third-order valence-corrected chi connectivity index (χ3v) is 6.39. The van der Waals surface area contributed by atoms with Crippen LogP contribution in [0.15, 0.2) is 119 Å². The van der Waals surface area contributed by atoms with E-state index in [1.54, 1.807) is 0 Å². The van der Waals surface area contributed by atoms with Crippen LogP contribution < -0.4 is 5.73 Å². The Bertz CT molecular complexity index is 1910. The number of benzene rings is 5. The van der Waals surface area contributed by atoms with Crippen molar-refractivity contribution in [2.24, 2.45) is 10.2 Å². The van der Waals surface area contributed by atoms with Gasteiger partial charge in [0.1, 0.15) is 5.69 Å². The third-order valence-electron chi connectivity index (χ3n) is 6.39. The van der Waals surface area contributed by atoms with E-state index in [1.165, 1.54) is 0 Å². The van der Waals surface area contributed by atoms with Crippen LogP contribution in [0.2, 0.25) is 0 Å². The summed E-state index contributed by atoms with van der Waals surface area (Å²) < 4.78 is 4.39. The van der Waals surface area contributed by atoms with Gasteiger partial charge in [-0.3, -0.25) is 8.97 Å². The molecule has 0 bridgehead atoms. The molecule has 2 N–H and O–H groups in total. The van der Waals surface area contributed by atoms with E-state index in [9.17, 15) is 0 Å². The highest BCUT2D eigenvalue weighted by molar-refractivity contribution is 6.05. The van der Waals surface area contributed by atoms with Crippen LogP contribution in [-0.2, 0) is 0 Å². The zero-order chi connectivity index (χ0) is 23.4. The summed E-state index contributed by atoms with van der Waals surface area (Å²) in [5.41, 5.74) is 13.8. The topological polar surface area (TPSA) is 73.0 Å². The maximum absolute atomic E-state index is 6.63. The molecule has 0 atom stereocenters. The second kappa shape index (κ2) is 7.53. The van der Waals surface area contributed by atoms with Crippen LogP contribution in [0.1, 0.15) is 0 Å². The second-order valence-electron chi connectivity index (χ2n) is 8.47. The minimum Gasteiger partial charge on any atom is -0.397 e. The van der Waals surface area contributed by atoms with Gasteiger partial charge in [-0.15, -0.1) is 5.11 Å². The van der Waals surface area contributed by atoms with Crippen molar-refractivity contribution in [1.82, 2.24) is 14.0 Å². The number of anilines is 1. The highest BCUT2D eigenvalue weighted by Crippen LogP contribution is 2.39. The van der Waals surface area contributed by atoms with E-state index in [2.05, 4.69) is 55.6 Å². The Kier molecular flexibility index (Phi) is 4.20. The molecule has 0 aliphatic rings. The van der Waals surface area contributed by atoms with Gasteiger partial charge >= 0.3 is 0 Å². The molecular weight excluding hydrogens is 432 g/mol. The molecule has 6 heteroatoms. The molecule has 35 heavy (non-hydrogen) atoms. The number of nitrogen functional groups attached to an aromatic ring is 1. The normalized spacial score (nSPS) is 12.0. The minimum atomic E-state index is 0.561. The SMILES string of the molecule is Nc1cc(-n2c3ccccc3n3c4ccccc4nc23)c2ccccc2c1N=Nc1ccccc1. The van der Waals surface area contributed by atoms with Crippen LogP contribution in [0.3, 0.4) is 0 Å². The Morgan fingerprint density at radius 2 is 1.29 bits per heavy atom. The summed E-state index contributed by atoms with van der Waals surface area (Å²) in [6, 6.07) is 36.4. The molecule has 7 aromatic rings. The van der Waals surface area contributed by atoms with E-state index in [0.29, 0.717) is 11.4 Å². The van der Waals surface area contributed by atoms with Gasteiger partial charge in [-0.1, -0.05) is 66.7 Å². The fourth-order valence-corrected chi connectivity index (χ4v) is 4.85. The van der Waals surface area contributed by atoms with Crippen LogP contribution in [0.25, 0.3) is 44.3 Å². The molecular formula is C29H20N6. The summed E-state index contributed by atoms with van der Waals surface area (Å²) in [5, 5.41) is 11.0. The van der Waals surface area contributed by atoms with Crippen LogP contribution in [0, 0.1) is 0 Å². The van der Waals surface area contributed by atoms with Gasteiger partial charge < -0.3 is 5.73 Å². The number of azo groups is 1. The fourth-order valence-electron chi connectivity index (χ4n) is 4.85. The zero-order valence-corrected chi connectivity index (χ0v) is 18.7. The molecule has 0 aliphatic carbocycles. The first kappa shape index (κ1) is 19.5. The highest BCUT2D eigenvalue weighted by Gasteiger charge is 2.20. The average Bonchev–Trinajstić information content (AvgIpc) is 3.43. The van der Waals surface area contributed by atoms with Crippen molar-refractivity contribution in [2.45, 2.75) is 0 Å². The molecule has 7 rings (SSSR count). The molecule has 0 radical (unpaired) electrons. The Morgan fingerprint density at radius 1 is 0.629 bits per heavy atom. The summed E-state index contributed by atoms with van der Waals surface area (Å²) in [6.07, 6.45) is 0. The van der Waals surface area contributed by atoms with Crippen LogP contribution in [-0.4, -0.2) is 14.0 Å². The molecule has 0 saturated carbocycles. The first-order valence-corrected chi connectivity index (χ1v) is 11.4. The molecule has 0 saturated heterocycles. The Hall–Kier alpha value is -4.97. The van der Waals surface area contributed by atoms with Gasteiger partial charge in [0.05, 0.1) is 39.1 Å². The molecule has 166 valence electrons. The van der Waals surface area contributed by atoms with Crippen molar-refractivity contribution in [3.05, 3.63) is 109 Å². The van der Waals surface area contributed by atoms with Crippen molar-refractivity contribution in [3.63, 3.8) is 0 Å². The molecule has 2 heterocycles. The molecule has 0 aliphatic heterocycles. The summed E-state index contributed by atoms with van der Waals surface area (Å²) >= 11 is 0. The Morgan fingerprint density at radius 3 is 2.11 bits per heavy atom. The van der Waals surface area contributed by atoms with Crippen molar-refractivity contribution in [1.29, 1.82) is 0 Å². The smallest absolute Gasteiger partial charge is 0.220 e. The van der Waals surface area contributed by atoms with E-state index in [4.69, 9.17) is 10.7 Å². The standard InChI is InChI=1S/C29H20N6/c30-22-18-27(20-12-4-5-13-21(20)28(22)33-32-19-10-2-1-3-11-19)35-26-17-9-8-16-25(26)34-24-15-7-6-14-23(24)31-29(34)35/h1-18H,30H2. The van der Waals surface area contributed by atoms with Crippen LogP contribution in [0.4, 0.5) is 17.1 Å². The van der Waals surface area contributed by atoms with Gasteiger partial charge in [-0.05, 0) is 42.5 Å². The van der Waals surface area contributed by atoms with E-state index >= 15 is 0 Å². The van der Waals surface area contributed by atoms with Crippen molar-refractivity contribution in [3.8, 4) is 5.69 Å². The molecule has 0 spiro atoms. The molecule has 0 fully saturated rings. The number of hydrogen-bond acceptors (Lipinski definition) is 4. The zero-order valence-electron chi connectivity index (χ0n) is 18.7. The van der Waals surface area contributed by atoms with Crippen molar-refractivity contribution in [2.75, 3.05) is 5.73 Å². The van der Waals surface area contributed by atoms with Crippen LogP contribution in [0.5, 0.6) is 0 Å². The van der Waals surface area contributed by atoms with E-state index in [1.807, 2.05) is 72.8 Å². The van der Waals surface area contributed by atoms with Gasteiger partial charge in [0, 0.05) is 10.8 Å². The van der Waals surface area contributed by atoms with Gasteiger partial charge in [-0.25, -0.2) is 4.98 Å². The summed E-state index contributed by atoms with van der Waals surface area (Å²) in [7, 11) is 0. The number of para-hydroxylation sites is 4. The number of aromatic nitrogens is 3. The fraction of sp³-hybridized carbons (Fsp3) is 0. The molecule has 0 unspecified atom stereocenters. The third kappa shape index (κ3) is 2.93. The molecule has 6 nitrogen and oxygen atoms in total. The predicted octanol–water partition coefficient (Wildman–Crippen LogP) is 7.58. The maximum atomic E-state index is 6.63. The van der Waals surface area contributed by atoms with Gasteiger partial charge in [-0.2, -0.15) is 5.11 Å². The lowest BCUT2D eigenvalue weighted by molar-refractivity contribution is 1.12. The van der Waals surface area contributed by atoms with Gasteiger partial charge in [0.25, 0.3) is 0 Å². The van der Waals surface area contributed by atoms with Gasteiger partial charge in [0.2, 0.25) is 5.78 Å². The van der Waals surface area contributed by atoms with Gasteiger partial charge in [0.15, 0.2) is 0 Å². The molecule has 0 amide bonds. The van der Waals surface area contributed by atoms with Crippen LogP contribution >= 0.6 is 0 Å². The lowest BCUT2D eigenvalue weighted by Gasteiger charge is -2.13. The first-order valence-electron chi connectivity index (χ1n) is 11.4. The molecule has 2 aromatic heterocycles. The summed E-state index contributed by atoms with van der Waals surface area (Å²) in [4.78, 5) is 5.01. The number of rotatable bonds is 3. The number of nitrogens with zero attached hydrogens (tertiary/aromatic N) is 5. The average molecular weight is 453 g/mol.